The molecule has 2 N–H and O–H groups in total. The summed E-state index contributed by atoms with van der Waals surface area (Å²) in [4.78, 5) is 14.8. The summed E-state index contributed by atoms with van der Waals surface area (Å²) in [7, 11) is 0. The molecular weight excluding hydrogens is 540 g/mol. The summed E-state index contributed by atoms with van der Waals surface area (Å²) in [5, 5.41) is 16.6. The summed E-state index contributed by atoms with van der Waals surface area (Å²) in [5.74, 6) is 0. The molecule has 0 saturated carbocycles. The number of nitrogens with two attached hydrogens (primary N) is 1. The average Bonchev–Trinajstić information content (AvgIpc) is 3.18. The third-order valence-corrected chi connectivity index (χ3v) is 5.03. The molecule has 0 spiro atoms. The molecule has 0 aliphatic carbocycles. The van der Waals surface area contributed by atoms with Crippen LogP contribution in [0, 0.1) is 29.2 Å². The van der Waals surface area contributed by atoms with Gasteiger partial charge in [0.1, 0.15) is 12.4 Å². The van der Waals surface area contributed by atoms with Gasteiger partial charge >= 0.3 is 149 Å². The number of rotatable bonds is 3. The normalized spacial score (nSPS) is 7.90. The molecule has 5 nitrogen and oxygen atoms in total. The van der Waals surface area contributed by atoms with E-state index in [2.05, 4.69) is 15.9 Å². The Kier molecular flexibility index (Phi) is 22.9. The SMILES string of the molecule is N#Cc1c(-c2ccccc2)c[se]c1N.O=CCc1ccccc1.[C-]#[N+]CC#N.[Na][Na].[SeH2]. The van der Waals surface area contributed by atoms with Gasteiger partial charge in [-0.2, -0.15) is 5.26 Å². The molecule has 9 heteroatoms. The van der Waals surface area contributed by atoms with Crippen molar-refractivity contribution in [2.75, 3.05) is 12.3 Å². The van der Waals surface area contributed by atoms with Gasteiger partial charge in [-0.3, -0.25) is 0 Å². The van der Waals surface area contributed by atoms with E-state index < -0.39 is 0 Å². The number of benzene rings is 2. The molecule has 0 fully saturated rings. The number of anilines is 1. The summed E-state index contributed by atoms with van der Waals surface area (Å²) >= 11 is 3.04. The second kappa shape index (κ2) is 22.1. The van der Waals surface area contributed by atoms with Crippen LogP contribution in [0.5, 0.6) is 0 Å². The molecule has 2 aromatic carbocycles. The predicted octanol–water partition coefficient (Wildman–Crippen LogP) is 2.04. The molecule has 31 heavy (non-hydrogen) atoms. The summed E-state index contributed by atoms with van der Waals surface area (Å²) in [6.07, 6.45) is 1.44. The molecule has 148 valence electrons. The van der Waals surface area contributed by atoms with Crippen LogP contribution < -0.4 is 5.73 Å². The van der Waals surface area contributed by atoms with Crippen LogP contribution in [0.1, 0.15) is 11.1 Å². The molecule has 0 unspecified atom stereocenters. The number of nitriles is 2. The third-order valence-electron chi connectivity index (χ3n) is 3.33. The van der Waals surface area contributed by atoms with Gasteiger partial charge in [-0.15, -0.1) is 0 Å². The fourth-order valence-corrected chi connectivity index (χ4v) is 3.68. The van der Waals surface area contributed by atoms with Crippen LogP contribution in [-0.2, 0) is 11.2 Å². The van der Waals surface area contributed by atoms with Crippen LogP contribution in [0.15, 0.2) is 65.6 Å². The molecule has 0 atom stereocenters. The Morgan fingerprint density at radius 1 is 1.06 bits per heavy atom. The molecule has 3 aromatic rings. The Balaban J connectivity index is 0. The van der Waals surface area contributed by atoms with Gasteiger partial charge in [0.25, 0.3) is 6.54 Å². The van der Waals surface area contributed by atoms with Crippen molar-refractivity contribution in [1.29, 1.82) is 10.5 Å². The zero-order valence-corrected chi connectivity index (χ0v) is 25.4. The molecular formula is C22H20N4Na2OSe2. The first kappa shape index (κ1) is 32.1. The number of hydrogen-bond donors (Lipinski definition) is 1. The zero-order chi connectivity index (χ0) is 22.6. The van der Waals surface area contributed by atoms with Crippen LogP contribution in [0.2, 0.25) is 0 Å². The molecule has 0 bridgehead atoms. The molecule has 0 aliphatic heterocycles. The van der Waals surface area contributed by atoms with Crippen molar-refractivity contribution >= 4 is 86.0 Å². The number of nitrogen functional groups attached to an aromatic ring is 1. The van der Waals surface area contributed by atoms with Gasteiger partial charge in [0, 0.05) is 6.42 Å². The van der Waals surface area contributed by atoms with Crippen LogP contribution in [0.4, 0.5) is 4.56 Å². The first-order chi connectivity index (χ1) is 14.7. The van der Waals surface area contributed by atoms with Gasteiger partial charge < -0.3 is 9.64 Å². The molecule has 0 amide bonds. The molecule has 3 rings (SSSR count). The minimum absolute atomic E-state index is 0. The Morgan fingerprint density at radius 2 is 1.61 bits per heavy atom. The first-order valence-corrected chi connectivity index (χ1v) is 19.0. The van der Waals surface area contributed by atoms with Gasteiger partial charge in [-0.25, -0.2) is 6.57 Å². The summed E-state index contributed by atoms with van der Waals surface area (Å²) < 4.78 is 0.735. The molecule has 0 aliphatic rings. The summed E-state index contributed by atoms with van der Waals surface area (Å²) in [6, 6.07) is 23.4. The van der Waals surface area contributed by atoms with Crippen LogP contribution in [0.3, 0.4) is 0 Å². The van der Waals surface area contributed by atoms with Crippen LogP contribution in [-0.4, -0.2) is 88.0 Å². The third kappa shape index (κ3) is 13.8. The van der Waals surface area contributed by atoms with E-state index in [9.17, 15) is 4.79 Å². The van der Waals surface area contributed by atoms with Crippen molar-refractivity contribution in [1.82, 2.24) is 0 Å². The Hall–Kier alpha value is -1.10. The standard InChI is InChI=1S/C11H8N2Se.C8H8O.C3H2N2.2Na.H2Se/c12-6-9-10(7-14-11(9)13)8-4-2-1-3-5-8;9-7-6-8-4-2-1-3-5-8;1-5-3-2-4;;;/h1-5,7H,13H2;1-5,7H,6H2;3H2;;;1H2. The Labute approximate surface area is 228 Å². The fraction of sp³-hybridized carbons (Fsp3) is 0.0909. The quantitative estimate of drug-likeness (QED) is 0.230. The maximum absolute atomic E-state index is 9.97. The molecule has 1 heterocycles. The van der Waals surface area contributed by atoms with Gasteiger partial charge in [-0.05, 0) is 5.56 Å². The van der Waals surface area contributed by atoms with Crippen molar-refractivity contribution < 1.29 is 4.79 Å². The van der Waals surface area contributed by atoms with E-state index in [0.29, 0.717) is 12.0 Å². The zero-order valence-electron chi connectivity index (χ0n) is 17.6. The Morgan fingerprint density at radius 3 is 2.03 bits per heavy atom. The van der Waals surface area contributed by atoms with E-state index in [1.807, 2.05) is 60.7 Å². The molecule has 0 saturated heterocycles. The van der Waals surface area contributed by atoms with Crippen molar-refractivity contribution in [2.45, 2.75) is 6.42 Å². The van der Waals surface area contributed by atoms with E-state index in [1.54, 1.807) is 6.07 Å². The maximum atomic E-state index is 9.97. The van der Waals surface area contributed by atoms with E-state index in [-0.39, 0.29) is 38.1 Å². The average molecular weight is 560 g/mol. The van der Waals surface area contributed by atoms with E-state index in [0.717, 1.165) is 27.5 Å². The number of carbonyl (C=O) groups is 1. The van der Waals surface area contributed by atoms with Gasteiger partial charge in [0.05, 0.1) is 0 Å². The second-order valence-electron chi connectivity index (χ2n) is 5.20. The van der Waals surface area contributed by atoms with Gasteiger partial charge in [0.15, 0.2) is 0 Å². The van der Waals surface area contributed by atoms with Crippen molar-refractivity contribution in [3.8, 4) is 23.3 Å². The van der Waals surface area contributed by atoms with Gasteiger partial charge in [-0.1, -0.05) is 30.3 Å². The predicted molar refractivity (Wildman–Crippen MR) is 131 cm³/mol. The number of nitrogens with zero attached hydrogens (tertiary/aromatic N) is 3. The minimum atomic E-state index is -0.0139. The summed E-state index contributed by atoms with van der Waals surface area (Å²) in [5.41, 5.74) is 9.54. The topological polar surface area (TPSA) is 95.0 Å². The fourth-order valence-electron chi connectivity index (χ4n) is 2.06. The van der Waals surface area contributed by atoms with E-state index >= 15 is 0 Å². The van der Waals surface area contributed by atoms with Crippen molar-refractivity contribution in [3.05, 3.63) is 88.1 Å². The number of aldehydes is 1. The summed E-state index contributed by atoms with van der Waals surface area (Å²) in [6.45, 7) is 5.99. The number of carbonyl (C=O) groups excluding carboxylic acids is 1. The Bertz CT molecular complexity index is 980. The second-order valence-corrected chi connectivity index (χ2v) is 7.11. The monoisotopic (exact) mass is 562 g/mol. The molecule has 1 aromatic heterocycles. The first-order valence-electron chi connectivity index (χ1n) is 9.18. The van der Waals surface area contributed by atoms with Gasteiger partial charge in [0.2, 0.25) is 0 Å². The van der Waals surface area contributed by atoms with E-state index in [4.69, 9.17) is 22.8 Å². The van der Waals surface area contributed by atoms with Crippen LogP contribution >= 0.6 is 0 Å². The number of hydrogen-bond acceptors (Lipinski definition) is 4. The van der Waals surface area contributed by atoms with E-state index in [1.165, 1.54) is 43.6 Å². The van der Waals surface area contributed by atoms with Crippen LogP contribution in [0.25, 0.3) is 16.0 Å². The van der Waals surface area contributed by atoms with Crippen molar-refractivity contribution in [3.63, 3.8) is 0 Å². The molecule has 0 radical (unpaired) electrons. The van der Waals surface area contributed by atoms with Crippen molar-refractivity contribution in [2.24, 2.45) is 0 Å².